The van der Waals surface area contributed by atoms with E-state index < -0.39 is 0 Å². The van der Waals surface area contributed by atoms with Crippen molar-refractivity contribution in [2.45, 2.75) is 0 Å². The molecule has 0 saturated heterocycles. The Morgan fingerprint density at radius 1 is 1.62 bits per heavy atom. The third-order valence-corrected chi connectivity index (χ3v) is 1.61. The van der Waals surface area contributed by atoms with Gasteiger partial charge in [-0.05, 0) is 17.5 Å². The zero-order chi connectivity index (χ0) is 5.82. The first-order valence-electron chi connectivity index (χ1n) is 2.24. The largest absolute Gasteiger partial charge is 0.215 e. The summed E-state index contributed by atoms with van der Waals surface area (Å²) in [5.74, 6) is 0. The Hall–Kier alpha value is -0.630. The molecule has 0 spiro atoms. The van der Waals surface area contributed by atoms with Gasteiger partial charge in [-0.3, -0.25) is 0 Å². The van der Waals surface area contributed by atoms with Crippen LogP contribution in [0.15, 0.2) is 23.8 Å². The highest BCUT2D eigenvalue weighted by Gasteiger charge is 1.81. The van der Waals surface area contributed by atoms with Gasteiger partial charge in [0.05, 0.1) is 6.33 Å². The zero-order valence-corrected chi connectivity index (χ0v) is 4.99. The Morgan fingerprint density at radius 2 is 2.50 bits per heavy atom. The smallest absolute Gasteiger partial charge is 0.0880 e. The summed E-state index contributed by atoms with van der Waals surface area (Å²) in [6.45, 7) is 0. The van der Waals surface area contributed by atoms with Gasteiger partial charge in [0.2, 0.25) is 0 Å². The molecule has 42 valence electrons. The fourth-order valence-corrected chi connectivity index (χ4v) is 1.05. The van der Waals surface area contributed by atoms with Gasteiger partial charge in [0.1, 0.15) is 0 Å². The minimum Gasteiger partial charge on any atom is -0.215 e. The van der Waals surface area contributed by atoms with Crippen LogP contribution in [0.25, 0.3) is 6.08 Å². The Labute approximate surface area is 51.3 Å². The van der Waals surface area contributed by atoms with Crippen LogP contribution in [0.4, 0.5) is 4.39 Å². The predicted molar refractivity (Wildman–Crippen MR) is 34.5 cm³/mol. The van der Waals surface area contributed by atoms with E-state index in [1.807, 2.05) is 17.5 Å². The summed E-state index contributed by atoms with van der Waals surface area (Å²) in [5, 5.41) is 1.91. The van der Waals surface area contributed by atoms with Crippen molar-refractivity contribution in [1.82, 2.24) is 0 Å². The summed E-state index contributed by atoms with van der Waals surface area (Å²) >= 11 is 1.52. The SMILES string of the molecule is FC=Cc1cccs1. The van der Waals surface area contributed by atoms with Gasteiger partial charge in [-0.2, -0.15) is 0 Å². The van der Waals surface area contributed by atoms with Gasteiger partial charge in [-0.15, -0.1) is 11.3 Å². The molecular weight excluding hydrogens is 123 g/mol. The Balaban J connectivity index is 2.77. The van der Waals surface area contributed by atoms with E-state index in [1.54, 1.807) is 0 Å². The van der Waals surface area contributed by atoms with Gasteiger partial charge in [-0.1, -0.05) is 6.07 Å². The van der Waals surface area contributed by atoms with Crippen LogP contribution in [-0.2, 0) is 0 Å². The highest BCUT2D eigenvalue weighted by molar-refractivity contribution is 7.10. The highest BCUT2D eigenvalue weighted by atomic mass is 32.1. The summed E-state index contributed by atoms with van der Waals surface area (Å²) in [4.78, 5) is 0.951. The third kappa shape index (κ3) is 1.17. The molecule has 0 saturated carbocycles. The van der Waals surface area contributed by atoms with Crippen molar-refractivity contribution >= 4 is 17.4 Å². The molecule has 0 aromatic carbocycles. The van der Waals surface area contributed by atoms with E-state index in [0.29, 0.717) is 6.33 Å². The van der Waals surface area contributed by atoms with E-state index in [9.17, 15) is 4.39 Å². The van der Waals surface area contributed by atoms with Crippen LogP contribution in [0.5, 0.6) is 0 Å². The molecule has 1 rings (SSSR count). The lowest BCUT2D eigenvalue weighted by atomic mass is 10.5. The van der Waals surface area contributed by atoms with Gasteiger partial charge in [0.25, 0.3) is 0 Å². The van der Waals surface area contributed by atoms with Crippen molar-refractivity contribution in [1.29, 1.82) is 0 Å². The lowest BCUT2D eigenvalue weighted by Gasteiger charge is -1.73. The van der Waals surface area contributed by atoms with Gasteiger partial charge >= 0.3 is 0 Å². The Morgan fingerprint density at radius 3 is 3.00 bits per heavy atom. The first-order chi connectivity index (χ1) is 3.93. The molecule has 0 aliphatic carbocycles. The average molecular weight is 128 g/mol. The van der Waals surface area contributed by atoms with Crippen molar-refractivity contribution < 1.29 is 4.39 Å². The van der Waals surface area contributed by atoms with Crippen LogP contribution in [0.2, 0.25) is 0 Å². The zero-order valence-electron chi connectivity index (χ0n) is 4.17. The summed E-state index contributed by atoms with van der Waals surface area (Å²) in [7, 11) is 0. The van der Waals surface area contributed by atoms with Crippen LogP contribution >= 0.6 is 11.3 Å². The molecule has 0 atom stereocenters. The van der Waals surface area contributed by atoms with E-state index >= 15 is 0 Å². The number of hydrogen-bond acceptors (Lipinski definition) is 1. The van der Waals surface area contributed by atoms with E-state index in [-0.39, 0.29) is 0 Å². The predicted octanol–water partition coefficient (Wildman–Crippen LogP) is 2.69. The van der Waals surface area contributed by atoms with Crippen molar-refractivity contribution in [3.05, 3.63) is 28.7 Å². The molecule has 1 heterocycles. The number of halogens is 1. The summed E-state index contributed by atoms with van der Waals surface area (Å²) in [6.07, 6.45) is 1.98. The van der Waals surface area contributed by atoms with E-state index in [1.165, 1.54) is 17.4 Å². The molecule has 0 radical (unpaired) electrons. The van der Waals surface area contributed by atoms with E-state index in [4.69, 9.17) is 0 Å². The first-order valence-corrected chi connectivity index (χ1v) is 3.12. The second-order valence-corrected chi connectivity index (χ2v) is 2.29. The molecule has 0 unspecified atom stereocenters. The topological polar surface area (TPSA) is 0 Å². The molecule has 1 aromatic rings. The average Bonchev–Trinajstić information content (AvgIpc) is 2.19. The van der Waals surface area contributed by atoms with Crippen molar-refractivity contribution in [2.24, 2.45) is 0 Å². The Bertz CT molecular complexity index is 165. The maximum Gasteiger partial charge on any atom is 0.0880 e. The van der Waals surface area contributed by atoms with Crippen molar-refractivity contribution in [3.63, 3.8) is 0 Å². The fourth-order valence-electron chi connectivity index (χ4n) is 0.448. The minimum absolute atomic E-state index is 0.547. The molecular formula is C6H5FS. The summed E-state index contributed by atoms with van der Waals surface area (Å²) in [6, 6.07) is 3.75. The van der Waals surface area contributed by atoms with E-state index in [0.717, 1.165) is 4.88 Å². The molecule has 0 nitrogen and oxygen atoms in total. The van der Waals surface area contributed by atoms with E-state index in [2.05, 4.69) is 0 Å². The lowest BCUT2D eigenvalue weighted by Crippen LogP contribution is -1.49. The molecule has 0 N–H and O–H groups in total. The van der Waals surface area contributed by atoms with Crippen LogP contribution in [0.1, 0.15) is 4.88 Å². The van der Waals surface area contributed by atoms with Crippen LogP contribution < -0.4 is 0 Å². The molecule has 8 heavy (non-hydrogen) atoms. The number of thiophene rings is 1. The minimum atomic E-state index is 0.547. The van der Waals surface area contributed by atoms with Gasteiger partial charge < -0.3 is 0 Å². The lowest BCUT2D eigenvalue weighted by molar-refractivity contribution is 0.728. The first kappa shape index (κ1) is 5.51. The molecule has 0 aliphatic rings. The van der Waals surface area contributed by atoms with Gasteiger partial charge in [-0.25, -0.2) is 4.39 Å². The molecule has 0 bridgehead atoms. The molecule has 2 heteroatoms. The van der Waals surface area contributed by atoms with Crippen LogP contribution in [0, 0.1) is 0 Å². The number of rotatable bonds is 1. The highest BCUT2D eigenvalue weighted by Crippen LogP contribution is 2.09. The summed E-state index contributed by atoms with van der Waals surface area (Å²) < 4.78 is 11.4. The monoisotopic (exact) mass is 128 g/mol. The van der Waals surface area contributed by atoms with Crippen LogP contribution in [0.3, 0.4) is 0 Å². The quantitative estimate of drug-likeness (QED) is 0.545. The summed E-state index contributed by atoms with van der Waals surface area (Å²) in [5.41, 5.74) is 0. The standard InChI is InChI=1S/C6H5FS/c7-4-3-6-2-1-5-8-6/h1-5H. The van der Waals surface area contributed by atoms with Gasteiger partial charge in [0.15, 0.2) is 0 Å². The molecule has 0 aliphatic heterocycles. The van der Waals surface area contributed by atoms with Crippen molar-refractivity contribution in [3.8, 4) is 0 Å². The van der Waals surface area contributed by atoms with Gasteiger partial charge in [0, 0.05) is 4.88 Å². The molecule has 0 fully saturated rings. The molecule has 0 amide bonds. The molecule has 1 aromatic heterocycles. The second-order valence-electron chi connectivity index (χ2n) is 1.31. The fraction of sp³-hybridized carbons (Fsp3) is 0. The normalized spacial score (nSPS) is 10.6. The Kier molecular flexibility index (Phi) is 1.80. The maximum absolute atomic E-state index is 11.4. The maximum atomic E-state index is 11.4. The van der Waals surface area contributed by atoms with Crippen molar-refractivity contribution in [2.75, 3.05) is 0 Å². The second kappa shape index (κ2) is 2.62. The third-order valence-electron chi connectivity index (χ3n) is 0.770. The van der Waals surface area contributed by atoms with Crippen LogP contribution in [-0.4, -0.2) is 0 Å². The number of hydrogen-bond donors (Lipinski definition) is 0.